The normalized spacial score (nSPS) is 10.5. The van der Waals surface area contributed by atoms with Gasteiger partial charge in [-0.1, -0.05) is 39.1 Å². The van der Waals surface area contributed by atoms with Gasteiger partial charge in [0.25, 0.3) is 0 Å². The van der Waals surface area contributed by atoms with Crippen LogP contribution < -0.4 is 0 Å². The predicted molar refractivity (Wildman–Crippen MR) is 85.7 cm³/mol. The highest BCUT2D eigenvalue weighted by atomic mass is 79.9. The molecule has 5 heteroatoms. The zero-order valence-electron chi connectivity index (χ0n) is 9.70. The van der Waals surface area contributed by atoms with Crippen LogP contribution in [0.1, 0.15) is 10.4 Å². The first-order valence-corrected chi connectivity index (χ1v) is 7.96. The van der Waals surface area contributed by atoms with Crippen molar-refractivity contribution >= 4 is 56.7 Å². The number of carbonyl (C=O) groups excluding carboxylic acids is 1. The van der Waals surface area contributed by atoms with Gasteiger partial charge in [0.15, 0.2) is 5.78 Å². The molecule has 2 aromatic carbocycles. The monoisotopic (exact) mass is 374 g/mol. The summed E-state index contributed by atoms with van der Waals surface area (Å²) in [6.07, 6.45) is 0. The van der Waals surface area contributed by atoms with E-state index in [-0.39, 0.29) is 5.78 Å². The Bertz CT molecular complexity index is 599. The molecule has 0 unspecified atom stereocenters. The van der Waals surface area contributed by atoms with Crippen molar-refractivity contribution in [3.63, 3.8) is 0 Å². The fourth-order valence-electron chi connectivity index (χ4n) is 1.43. The van der Waals surface area contributed by atoms with Gasteiger partial charge in [0.05, 0.1) is 15.8 Å². The lowest BCUT2D eigenvalue weighted by atomic mass is 10.1. The smallest absolute Gasteiger partial charge is 0.173 e. The Hall–Kier alpha value is -0.480. The second-order valence-corrected chi connectivity index (χ2v) is 6.57. The molecule has 0 saturated heterocycles. The summed E-state index contributed by atoms with van der Waals surface area (Å²) >= 11 is 16.6. The summed E-state index contributed by atoms with van der Waals surface area (Å²) < 4.78 is 1.02. The molecular weight excluding hydrogens is 367 g/mol. The number of carbonyl (C=O) groups is 1. The van der Waals surface area contributed by atoms with E-state index < -0.39 is 0 Å². The molecule has 0 heterocycles. The first-order valence-electron chi connectivity index (χ1n) is 5.43. The van der Waals surface area contributed by atoms with E-state index in [0.717, 1.165) is 9.37 Å². The second kappa shape index (κ2) is 6.80. The molecular formula is C14H9BrCl2OS. The molecule has 0 aromatic heterocycles. The van der Waals surface area contributed by atoms with Gasteiger partial charge in [0.1, 0.15) is 0 Å². The molecule has 19 heavy (non-hydrogen) atoms. The van der Waals surface area contributed by atoms with Gasteiger partial charge in [-0.25, -0.2) is 0 Å². The van der Waals surface area contributed by atoms with E-state index in [2.05, 4.69) is 15.9 Å². The molecule has 0 N–H and O–H groups in total. The summed E-state index contributed by atoms with van der Waals surface area (Å²) in [5.41, 5.74) is 0.582. The highest BCUT2D eigenvalue weighted by Gasteiger charge is 2.08. The van der Waals surface area contributed by atoms with Gasteiger partial charge in [0, 0.05) is 14.9 Å². The largest absolute Gasteiger partial charge is 0.293 e. The highest BCUT2D eigenvalue weighted by molar-refractivity contribution is 9.10. The molecule has 0 spiro atoms. The van der Waals surface area contributed by atoms with Crippen LogP contribution in [0.25, 0.3) is 0 Å². The zero-order valence-corrected chi connectivity index (χ0v) is 13.6. The fraction of sp³-hybridized carbons (Fsp3) is 0.0714. The lowest BCUT2D eigenvalue weighted by Crippen LogP contribution is -2.02. The lowest BCUT2D eigenvalue weighted by molar-refractivity contribution is 0.102. The Morgan fingerprint density at radius 2 is 1.74 bits per heavy atom. The van der Waals surface area contributed by atoms with Crippen LogP contribution in [0.3, 0.4) is 0 Å². The quantitative estimate of drug-likeness (QED) is 0.501. The van der Waals surface area contributed by atoms with Crippen molar-refractivity contribution in [1.29, 1.82) is 0 Å². The maximum atomic E-state index is 12.0. The third kappa shape index (κ3) is 4.25. The van der Waals surface area contributed by atoms with Crippen molar-refractivity contribution in [3.8, 4) is 0 Å². The molecule has 0 bridgehead atoms. The van der Waals surface area contributed by atoms with Crippen LogP contribution in [0.4, 0.5) is 0 Å². The molecule has 0 aliphatic heterocycles. The Morgan fingerprint density at radius 1 is 1.05 bits per heavy atom. The maximum absolute atomic E-state index is 12.0. The molecule has 0 fully saturated rings. The second-order valence-electron chi connectivity index (χ2n) is 3.79. The summed E-state index contributed by atoms with van der Waals surface area (Å²) in [5, 5.41) is 0.861. The molecule has 98 valence electrons. The number of rotatable bonds is 4. The van der Waals surface area contributed by atoms with E-state index in [1.165, 1.54) is 11.8 Å². The van der Waals surface area contributed by atoms with Crippen molar-refractivity contribution in [2.24, 2.45) is 0 Å². The van der Waals surface area contributed by atoms with Crippen LogP contribution in [0.15, 0.2) is 51.8 Å². The number of halogens is 3. The van der Waals surface area contributed by atoms with Crippen molar-refractivity contribution in [2.75, 3.05) is 5.75 Å². The predicted octanol–water partition coefficient (Wildman–Crippen LogP) is 5.73. The van der Waals surface area contributed by atoms with Crippen LogP contribution in [0.5, 0.6) is 0 Å². The van der Waals surface area contributed by atoms with Gasteiger partial charge in [0.2, 0.25) is 0 Å². The zero-order chi connectivity index (χ0) is 13.8. The molecule has 0 radical (unpaired) electrons. The lowest BCUT2D eigenvalue weighted by Gasteiger charge is -2.03. The van der Waals surface area contributed by atoms with E-state index >= 15 is 0 Å². The van der Waals surface area contributed by atoms with Crippen molar-refractivity contribution < 1.29 is 4.79 Å². The molecule has 0 atom stereocenters. The Kier molecular flexibility index (Phi) is 5.34. The van der Waals surface area contributed by atoms with E-state index in [9.17, 15) is 4.79 Å². The number of ketones is 1. The third-order valence-corrected chi connectivity index (χ3v) is 4.70. The first kappa shape index (κ1) is 14.9. The number of benzene rings is 2. The minimum absolute atomic E-state index is 0.0338. The van der Waals surface area contributed by atoms with Gasteiger partial charge in [-0.05, 0) is 42.5 Å². The van der Waals surface area contributed by atoms with E-state index in [1.807, 2.05) is 24.3 Å². The SMILES string of the molecule is O=C(CSc1ccc(Br)cc1)c1ccc(Cl)c(Cl)c1. The number of thioether (sulfide) groups is 1. The van der Waals surface area contributed by atoms with Crippen LogP contribution in [0, 0.1) is 0 Å². The van der Waals surface area contributed by atoms with Crippen molar-refractivity contribution in [2.45, 2.75) is 4.90 Å². The Labute approximate surface area is 134 Å². The van der Waals surface area contributed by atoms with Gasteiger partial charge in [-0.15, -0.1) is 11.8 Å². The molecule has 0 aliphatic rings. The highest BCUT2D eigenvalue weighted by Crippen LogP contribution is 2.25. The van der Waals surface area contributed by atoms with Crippen LogP contribution in [0.2, 0.25) is 10.0 Å². The van der Waals surface area contributed by atoms with Gasteiger partial charge >= 0.3 is 0 Å². The average Bonchev–Trinajstić information content (AvgIpc) is 2.41. The number of Topliss-reactive ketones (excluding diaryl/α,β-unsaturated/α-hetero) is 1. The summed E-state index contributed by atoms with van der Waals surface area (Å²) in [4.78, 5) is 13.1. The van der Waals surface area contributed by atoms with Crippen molar-refractivity contribution in [1.82, 2.24) is 0 Å². The van der Waals surface area contributed by atoms with Gasteiger partial charge in [-0.2, -0.15) is 0 Å². The molecule has 2 rings (SSSR count). The molecule has 0 saturated carbocycles. The molecule has 1 nitrogen and oxygen atoms in total. The summed E-state index contributed by atoms with van der Waals surface area (Å²) in [7, 11) is 0. The summed E-state index contributed by atoms with van der Waals surface area (Å²) in [6.45, 7) is 0. The topological polar surface area (TPSA) is 17.1 Å². The maximum Gasteiger partial charge on any atom is 0.173 e. The van der Waals surface area contributed by atoms with Crippen molar-refractivity contribution in [3.05, 3.63) is 62.5 Å². The standard InChI is InChI=1S/C14H9BrCl2OS/c15-10-2-4-11(5-3-10)19-8-14(18)9-1-6-12(16)13(17)7-9/h1-7H,8H2. The fourth-order valence-corrected chi connectivity index (χ4v) is 2.79. The Balaban J connectivity index is 2.01. The average molecular weight is 376 g/mol. The summed E-state index contributed by atoms with van der Waals surface area (Å²) in [5.74, 6) is 0.408. The molecule has 0 aliphatic carbocycles. The van der Waals surface area contributed by atoms with E-state index in [4.69, 9.17) is 23.2 Å². The summed E-state index contributed by atoms with van der Waals surface area (Å²) in [6, 6.07) is 12.8. The van der Waals surface area contributed by atoms with Gasteiger partial charge in [-0.3, -0.25) is 4.79 Å². The van der Waals surface area contributed by atoms with Gasteiger partial charge < -0.3 is 0 Å². The molecule has 2 aromatic rings. The number of hydrogen-bond donors (Lipinski definition) is 0. The number of hydrogen-bond acceptors (Lipinski definition) is 2. The van der Waals surface area contributed by atoms with Crippen LogP contribution in [-0.2, 0) is 0 Å². The Morgan fingerprint density at radius 3 is 2.37 bits per heavy atom. The van der Waals surface area contributed by atoms with Crippen LogP contribution >= 0.6 is 50.9 Å². The first-order chi connectivity index (χ1) is 9.06. The van der Waals surface area contributed by atoms with E-state index in [0.29, 0.717) is 21.4 Å². The minimum atomic E-state index is 0.0338. The molecule has 0 amide bonds. The minimum Gasteiger partial charge on any atom is -0.293 e. The van der Waals surface area contributed by atoms with Crippen LogP contribution in [-0.4, -0.2) is 11.5 Å². The van der Waals surface area contributed by atoms with E-state index in [1.54, 1.807) is 18.2 Å². The third-order valence-electron chi connectivity index (χ3n) is 2.43.